The average molecular weight is 241 g/mol. The van der Waals surface area contributed by atoms with Gasteiger partial charge < -0.3 is 7.97 Å². The van der Waals surface area contributed by atoms with E-state index < -0.39 is 0 Å². The largest absolute Gasteiger partial charge is 0.311 e. The lowest BCUT2D eigenvalue weighted by atomic mass is 10.3. The van der Waals surface area contributed by atoms with Gasteiger partial charge in [0.15, 0.2) is 0 Å². The predicted molar refractivity (Wildman–Crippen MR) is 45.6 cm³/mol. The van der Waals surface area contributed by atoms with Crippen LogP contribution < -0.4 is 0 Å². The van der Waals surface area contributed by atoms with Crippen LogP contribution in [0.25, 0.3) is 0 Å². The average Bonchev–Trinajstić information content (AvgIpc) is 2.34. The Hall–Kier alpha value is 0.650. The van der Waals surface area contributed by atoms with Crippen molar-refractivity contribution in [3.05, 3.63) is 0 Å². The summed E-state index contributed by atoms with van der Waals surface area (Å²) in [7, 11) is 0. The van der Waals surface area contributed by atoms with Gasteiger partial charge in [0.25, 0.3) is 0 Å². The van der Waals surface area contributed by atoms with E-state index in [1.54, 1.807) is 0 Å². The molecule has 0 aliphatic carbocycles. The second-order valence-electron chi connectivity index (χ2n) is 2.39. The van der Waals surface area contributed by atoms with Crippen LogP contribution in [0.15, 0.2) is 0 Å². The molecule has 0 unspecified atom stereocenters. The fourth-order valence-corrected chi connectivity index (χ4v) is 1.57. The van der Waals surface area contributed by atoms with Crippen molar-refractivity contribution in [3.63, 3.8) is 0 Å². The molecule has 54 valence electrons. The molecule has 1 fully saturated rings. The van der Waals surface area contributed by atoms with Crippen LogP contribution in [0.1, 0.15) is 13.3 Å². The molecular weight excluding hydrogens is 229 g/mol. The summed E-state index contributed by atoms with van der Waals surface area (Å²) in [6.07, 6.45) is 1.70. The first-order valence-electron chi connectivity index (χ1n) is 3.36. The maximum atomic E-state index is 5.17. The van der Waals surface area contributed by atoms with E-state index in [0.29, 0.717) is 6.10 Å². The van der Waals surface area contributed by atoms with Crippen LogP contribution in [0.4, 0.5) is 0 Å². The molecule has 1 atom stereocenters. The molecule has 0 bridgehead atoms. The van der Waals surface area contributed by atoms with Gasteiger partial charge in [0.2, 0.25) is 0 Å². The third-order valence-electron chi connectivity index (χ3n) is 1.80. The Morgan fingerprint density at radius 3 is 2.89 bits per heavy atom. The van der Waals surface area contributed by atoms with Crippen molar-refractivity contribution in [2.45, 2.75) is 19.4 Å². The molecule has 1 saturated heterocycles. The fourth-order valence-electron chi connectivity index (χ4n) is 1.16. The number of rotatable bonds is 2. The van der Waals surface area contributed by atoms with Gasteiger partial charge >= 0.3 is 0 Å². The highest BCUT2D eigenvalue weighted by atomic mass is 127. The van der Waals surface area contributed by atoms with Crippen molar-refractivity contribution in [1.82, 2.24) is 4.90 Å². The molecule has 3 heteroatoms. The van der Waals surface area contributed by atoms with Crippen molar-refractivity contribution in [1.29, 1.82) is 0 Å². The molecule has 9 heavy (non-hydrogen) atoms. The van der Waals surface area contributed by atoms with Crippen LogP contribution in [-0.2, 0) is 3.07 Å². The van der Waals surface area contributed by atoms with Gasteiger partial charge in [0, 0.05) is 13.1 Å². The van der Waals surface area contributed by atoms with Gasteiger partial charge in [-0.05, 0) is 13.0 Å². The second kappa shape index (κ2) is 3.73. The number of likely N-dealkylation sites (tertiary alicyclic amines) is 1. The standard InChI is InChI=1S/C6H12INO/c1-2-8-4-3-6(5-8)9-7/h6H,2-5H2,1H3/t6-/m0/s1. The lowest BCUT2D eigenvalue weighted by Gasteiger charge is -2.10. The van der Waals surface area contributed by atoms with Gasteiger partial charge in [-0.15, -0.1) is 0 Å². The van der Waals surface area contributed by atoms with Crippen LogP contribution in [0.2, 0.25) is 0 Å². The van der Waals surface area contributed by atoms with Crippen molar-refractivity contribution in [2.24, 2.45) is 0 Å². The molecule has 0 aromatic carbocycles. The maximum Gasteiger partial charge on any atom is 0.110 e. The Balaban J connectivity index is 2.20. The minimum absolute atomic E-state index is 0.491. The number of likely N-dealkylation sites (N-methyl/N-ethyl adjacent to an activating group) is 1. The van der Waals surface area contributed by atoms with E-state index in [1.165, 1.54) is 13.0 Å². The highest BCUT2D eigenvalue weighted by molar-refractivity contribution is 14.1. The smallest absolute Gasteiger partial charge is 0.110 e. The fraction of sp³-hybridized carbons (Fsp3) is 1.00. The highest BCUT2D eigenvalue weighted by Gasteiger charge is 2.20. The van der Waals surface area contributed by atoms with Crippen molar-refractivity contribution in [3.8, 4) is 0 Å². The Morgan fingerprint density at radius 2 is 2.56 bits per heavy atom. The molecule has 0 spiro atoms. The molecule has 0 amide bonds. The normalized spacial score (nSPS) is 29.3. The molecule has 1 aliphatic heterocycles. The van der Waals surface area contributed by atoms with Crippen LogP contribution in [0.5, 0.6) is 0 Å². The number of hydrogen-bond donors (Lipinski definition) is 0. The lowest BCUT2D eigenvalue weighted by molar-refractivity contribution is 0.267. The highest BCUT2D eigenvalue weighted by Crippen LogP contribution is 2.13. The van der Waals surface area contributed by atoms with Gasteiger partial charge in [-0.25, -0.2) is 0 Å². The third kappa shape index (κ3) is 2.05. The van der Waals surface area contributed by atoms with E-state index in [4.69, 9.17) is 3.07 Å². The summed E-state index contributed by atoms with van der Waals surface area (Å²) in [6.45, 7) is 5.69. The first-order valence-corrected chi connectivity index (χ1v) is 4.24. The van der Waals surface area contributed by atoms with E-state index >= 15 is 0 Å². The molecule has 0 saturated carbocycles. The van der Waals surface area contributed by atoms with Gasteiger partial charge in [-0.2, -0.15) is 0 Å². The van der Waals surface area contributed by atoms with Gasteiger partial charge in [-0.3, -0.25) is 0 Å². The van der Waals surface area contributed by atoms with E-state index in [0.717, 1.165) is 13.1 Å². The van der Waals surface area contributed by atoms with Gasteiger partial charge in [0.05, 0.1) is 6.10 Å². The maximum absolute atomic E-state index is 5.17. The zero-order valence-corrected chi connectivity index (χ0v) is 7.80. The molecular formula is C6H12INO. The Kier molecular flexibility index (Phi) is 3.21. The molecule has 1 rings (SSSR count). The molecule has 1 aliphatic rings. The summed E-state index contributed by atoms with van der Waals surface area (Å²) < 4.78 is 5.17. The molecule has 0 N–H and O–H groups in total. The summed E-state index contributed by atoms with van der Waals surface area (Å²) in [5.74, 6) is 0. The molecule has 0 aromatic heterocycles. The topological polar surface area (TPSA) is 12.5 Å². The quantitative estimate of drug-likeness (QED) is 0.678. The first-order chi connectivity index (χ1) is 4.36. The van der Waals surface area contributed by atoms with E-state index in [-0.39, 0.29) is 0 Å². The van der Waals surface area contributed by atoms with Crippen LogP contribution in [-0.4, -0.2) is 30.6 Å². The molecule has 2 nitrogen and oxygen atoms in total. The zero-order valence-electron chi connectivity index (χ0n) is 5.64. The second-order valence-corrected chi connectivity index (χ2v) is 2.90. The summed E-state index contributed by atoms with van der Waals surface area (Å²) in [4.78, 5) is 2.41. The lowest BCUT2D eigenvalue weighted by Crippen LogP contribution is -2.21. The Morgan fingerprint density at radius 1 is 1.78 bits per heavy atom. The van der Waals surface area contributed by atoms with Crippen LogP contribution >= 0.6 is 23.0 Å². The van der Waals surface area contributed by atoms with Crippen molar-refractivity contribution >= 4 is 23.0 Å². The first kappa shape index (κ1) is 7.75. The molecule has 1 heterocycles. The monoisotopic (exact) mass is 241 g/mol. The minimum atomic E-state index is 0.491. The Labute approximate surface area is 70.2 Å². The van der Waals surface area contributed by atoms with Crippen molar-refractivity contribution < 1.29 is 3.07 Å². The van der Waals surface area contributed by atoms with E-state index in [9.17, 15) is 0 Å². The zero-order chi connectivity index (χ0) is 6.69. The summed E-state index contributed by atoms with van der Waals surface area (Å²) >= 11 is 1.99. The SMILES string of the molecule is CCN1CC[C@H](OI)C1. The van der Waals surface area contributed by atoms with E-state index in [2.05, 4.69) is 11.8 Å². The number of hydrogen-bond acceptors (Lipinski definition) is 2. The summed E-state index contributed by atoms with van der Waals surface area (Å²) in [5.41, 5.74) is 0. The third-order valence-corrected chi connectivity index (χ3v) is 2.52. The van der Waals surface area contributed by atoms with Crippen LogP contribution in [0.3, 0.4) is 0 Å². The number of halogens is 1. The predicted octanol–water partition coefficient (Wildman–Crippen LogP) is 1.45. The summed E-state index contributed by atoms with van der Waals surface area (Å²) in [5, 5.41) is 0. The van der Waals surface area contributed by atoms with Crippen LogP contribution in [0, 0.1) is 0 Å². The number of nitrogens with zero attached hydrogens (tertiary/aromatic N) is 1. The van der Waals surface area contributed by atoms with Gasteiger partial charge in [0.1, 0.15) is 23.0 Å². The van der Waals surface area contributed by atoms with Crippen molar-refractivity contribution in [2.75, 3.05) is 19.6 Å². The summed E-state index contributed by atoms with van der Waals surface area (Å²) in [6, 6.07) is 0. The van der Waals surface area contributed by atoms with E-state index in [1.807, 2.05) is 23.0 Å². The Bertz CT molecular complexity index is 79.1. The molecule has 0 radical (unpaired) electrons. The minimum Gasteiger partial charge on any atom is -0.311 e. The van der Waals surface area contributed by atoms with Gasteiger partial charge in [-0.1, -0.05) is 6.92 Å². The molecule has 0 aromatic rings.